The zero-order valence-corrected chi connectivity index (χ0v) is 20.0. The summed E-state index contributed by atoms with van der Waals surface area (Å²) in [5.74, 6) is -0.417. The van der Waals surface area contributed by atoms with E-state index in [0.29, 0.717) is 30.1 Å². The van der Waals surface area contributed by atoms with Gasteiger partial charge in [-0.2, -0.15) is 4.99 Å². The third-order valence-corrected chi connectivity index (χ3v) is 7.71. The molecule has 1 heterocycles. The second kappa shape index (κ2) is 9.44. The molecule has 0 fully saturated rings. The highest BCUT2D eigenvalue weighted by atomic mass is 32.2. The summed E-state index contributed by atoms with van der Waals surface area (Å²) >= 11 is 1.46. The number of aryl methyl sites for hydroxylation is 2. The Kier molecular flexibility index (Phi) is 7.10. The van der Waals surface area contributed by atoms with Gasteiger partial charge in [-0.05, 0) is 62.2 Å². The van der Waals surface area contributed by atoms with Crippen molar-refractivity contribution in [2.75, 3.05) is 27.3 Å². The van der Waals surface area contributed by atoms with Gasteiger partial charge in [-0.25, -0.2) is 12.7 Å². The van der Waals surface area contributed by atoms with Crippen LogP contribution in [0.1, 0.15) is 28.4 Å². The Balaban J connectivity index is 2.04. The van der Waals surface area contributed by atoms with Crippen molar-refractivity contribution < 1.29 is 17.9 Å². The van der Waals surface area contributed by atoms with Crippen LogP contribution in [0, 0.1) is 13.8 Å². The first kappa shape index (κ1) is 23.3. The van der Waals surface area contributed by atoms with E-state index in [-0.39, 0.29) is 4.90 Å². The maximum Gasteiger partial charge on any atom is 0.279 e. The molecule has 2 aromatic carbocycles. The Hall–Kier alpha value is -2.33. The molecule has 3 aromatic rings. The van der Waals surface area contributed by atoms with Gasteiger partial charge in [-0.3, -0.25) is 4.79 Å². The van der Waals surface area contributed by atoms with Crippen LogP contribution < -0.4 is 4.80 Å². The van der Waals surface area contributed by atoms with Crippen LogP contribution in [0.5, 0.6) is 0 Å². The molecule has 0 N–H and O–H groups in total. The van der Waals surface area contributed by atoms with Crippen LogP contribution in [0.15, 0.2) is 46.3 Å². The van der Waals surface area contributed by atoms with E-state index in [9.17, 15) is 13.2 Å². The second-order valence-electron chi connectivity index (χ2n) is 7.39. The monoisotopic (exact) mass is 461 g/mol. The number of benzene rings is 2. The van der Waals surface area contributed by atoms with E-state index >= 15 is 0 Å². The van der Waals surface area contributed by atoms with Gasteiger partial charge in [-0.1, -0.05) is 17.4 Å². The summed E-state index contributed by atoms with van der Waals surface area (Å²) < 4.78 is 34.2. The lowest BCUT2D eigenvalue weighted by Crippen LogP contribution is -2.22. The number of amides is 1. The standard InChI is InChI=1S/C22H27N3O4S2/c1-6-29-12-11-25-20-16(3)13-15(2)14-19(20)30-22(25)23-21(26)17-7-9-18(10-8-17)31(27,28)24(4)5/h7-10,13-14H,6,11-12H2,1-5H3. The molecular weight excluding hydrogens is 434 g/mol. The van der Waals surface area contributed by atoms with Crippen molar-refractivity contribution in [3.8, 4) is 0 Å². The fourth-order valence-electron chi connectivity index (χ4n) is 3.32. The van der Waals surface area contributed by atoms with Crippen molar-refractivity contribution in [1.82, 2.24) is 8.87 Å². The first-order valence-electron chi connectivity index (χ1n) is 9.95. The average Bonchev–Trinajstić information content (AvgIpc) is 3.05. The summed E-state index contributed by atoms with van der Waals surface area (Å²) in [6.45, 7) is 7.77. The van der Waals surface area contributed by atoms with Gasteiger partial charge in [0.2, 0.25) is 10.0 Å². The predicted octanol–water partition coefficient (Wildman–Crippen LogP) is 3.35. The zero-order chi connectivity index (χ0) is 22.8. The first-order valence-corrected chi connectivity index (χ1v) is 12.2. The van der Waals surface area contributed by atoms with E-state index in [1.54, 1.807) is 0 Å². The molecule has 0 atom stereocenters. The lowest BCUT2D eigenvalue weighted by atomic mass is 10.1. The van der Waals surface area contributed by atoms with Crippen molar-refractivity contribution in [3.63, 3.8) is 0 Å². The Morgan fingerprint density at radius 2 is 1.84 bits per heavy atom. The van der Waals surface area contributed by atoms with E-state index in [1.165, 1.54) is 49.7 Å². The minimum atomic E-state index is -3.55. The van der Waals surface area contributed by atoms with Gasteiger partial charge in [-0.15, -0.1) is 0 Å². The van der Waals surface area contributed by atoms with Crippen LogP contribution in [0.2, 0.25) is 0 Å². The predicted molar refractivity (Wildman–Crippen MR) is 123 cm³/mol. The number of ether oxygens (including phenoxy) is 1. The van der Waals surface area contributed by atoms with Crippen molar-refractivity contribution in [2.45, 2.75) is 32.2 Å². The quantitative estimate of drug-likeness (QED) is 0.506. The molecule has 0 saturated heterocycles. The molecule has 7 nitrogen and oxygen atoms in total. The van der Waals surface area contributed by atoms with Gasteiger partial charge in [0, 0.05) is 32.8 Å². The molecule has 0 aliphatic carbocycles. The van der Waals surface area contributed by atoms with Crippen LogP contribution in [0.4, 0.5) is 0 Å². The zero-order valence-electron chi connectivity index (χ0n) is 18.4. The molecule has 0 radical (unpaired) electrons. The lowest BCUT2D eigenvalue weighted by Gasteiger charge is -2.11. The molecule has 3 rings (SSSR count). The fourth-order valence-corrected chi connectivity index (χ4v) is 5.45. The second-order valence-corrected chi connectivity index (χ2v) is 10.6. The number of hydrogen-bond donors (Lipinski definition) is 0. The van der Waals surface area contributed by atoms with Crippen LogP contribution in [-0.2, 0) is 21.3 Å². The van der Waals surface area contributed by atoms with Gasteiger partial charge in [0.05, 0.1) is 21.7 Å². The first-order chi connectivity index (χ1) is 14.6. The molecule has 1 amide bonds. The average molecular weight is 462 g/mol. The largest absolute Gasteiger partial charge is 0.380 e. The number of sulfonamides is 1. The summed E-state index contributed by atoms with van der Waals surface area (Å²) in [7, 11) is -0.612. The van der Waals surface area contributed by atoms with Crippen LogP contribution in [-0.4, -0.2) is 50.5 Å². The molecule has 0 aliphatic rings. The molecule has 1 aromatic heterocycles. The summed E-state index contributed by atoms with van der Waals surface area (Å²) in [6.07, 6.45) is 0. The molecule has 0 unspecified atom stereocenters. The van der Waals surface area contributed by atoms with Crippen LogP contribution in [0.25, 0.3) is 10.2 Å². The highest BCUT2D eigenvalue weighted by molar-refractivity contribution is 7.89. The summed E-state index contributed by atoms with van der Waals surface area (Å²) in [4.78, 5) is 18.0. The van der Waals surface area contributed by atoms with E-state index in [2.05, 4.69) is 24.0 Å². The molecule has 9 heteroatoms. The highest BCUT2D eigenvalue weighted by Gasteiger charge is 2.18. The molecule has 166 valence electrons. The molecular formula is C22H27N3O4S2. The van der Waals surface area contributed by atoms with E-state index in [1.807, 2.05) is 18.4 Å². The molecule has 31 heavy (non-hydrogen) atoms. The Morgan fingerprint density at radius 3 is 2.45 bits per heavy atom. The van der Waals surface area contributed by atoms with Crippen LogP contribution >= 0.6 is 11.3 Å². The van der Waals surface area contributed by atoms with Gasteiger partial charge >= 0.3 is 0 Å². The maximum absolute atomic E-state index is 12.9. The summed E-state index contributed by atoms with van der Waals surface area (Å²) in [5.41, 5.74) is 3.65. The van der Waals surface area contributed by atoms with Gasteiger partial charge in [0.25, 0.3) is 5.91 Å². The van der Waals surface area contributed by atoms with Crippen molar-refractivity contribution >= 4 is 37.5 Å². The topological polar surface area (TPSA) is 81.0 Å². The number of carbonyl (C=O) groups excluding carboxylic acids is 1. The number of nitrogens with zero attached hydrogens (tertiary/aromatic N) is 3. The van der Waals surface area contributed by atoms with Gasteiger partial charge < -0.3 is 9.30 Å². The summed E-state index contributed by atoms with van der Waals surface area (Å²) in [5, 5.41) is 0. The normalized spacial score (nSPS) is 12.8. The van der Waals surface area contributed by atoms with Crippen molar-refractivity contribution in [1.29, 1.82) is 0 Å². The SMILES string of the molecule is CCOCCn1c(=NC(=O)c2ccc(S(=O)(=O)N(C)C)cc2)sc2cc(C)cc(C)c21. The number of carbonyl (C=O) groups is 1. The van der Waals surface area contributed by atoms with Gasteiger partial charge in [0.1, 0.15) is 0 Å². The molecule has 0 spiro atoms. The van der Waals surface area contributed by atoms with E-state index in [4.69, 9.17) is 4.74 Å². The number of fused-ring (bicyclic) bond motifs is 1. The number of aromatic nitrogens is 1. The Morgan fingerprint density at radius 1 is 1.16 bits per heavy atom. The smallest absolute Gasteiger partial charge is 0.279 e. The maximum atomic E-state index is 12.9. The summed E-state index contributed by atoms with van der Waals surface area (Å²) in [6, 6.07) is 10.1. The minimum absolute atomic E-state index is 0.133. The Bertz CT molecular complexity index is 1270. The van der Waals surface area contributed by atoms with Crippen molar-refractivity contribution in [2.24, 2.45) is 4.99 Å². The molecule has 0 aliphatic heterocycles. The lowest BCUT2D eigenvalue weighted by molar-refractivity contribution is 0.0996. The van der Waals surface area contributed by atoms with Gasteiger partial charge in [0.15, 0.2) is 4.80 Å². The highest BCUT2D eigenvalue weighted by Crippen LogP contribution is 2.23. The fraction of sp³-hybridized carbons (Fsp3) is 0.364. The van der Waals surface area contributed by atoms with Crippen molar-refractivity contribution in [3.05, 3.63) is 57.9 Å². The number of thiazole rings is 1. The third-order valence-electron chi connectivity index (χ3n) is 4.85. The van der Waals surface area contributed by atoms with Crippen LogP contribution in [0.3, 0.4) is 0 Å². The number of hydrogen-bond acceptors (Lipinski definition) is 5. The van der Waals surface area contributed by atoms with E-state index < -0.39 is 15.9 Å². The Labute approximate surface area is 186 Å². The van der Waals surface area contributed by atoms with E-state index in [0.717, 1.165) is 25.6 Å². The third kappa shape index (κ3) is 4.95. The molecule has 0 bridgehead atoms. The minimum Gasteiger partial charge on any atom is -0.380 e. The molecule has 0 saturated carbocycles. The number of rotatable bonds is 7.